The zero-order valence-corrected chi connectivity index (χ0v) is 15.2. The lowest BCUT2D eigenvalue weighted by atomic mass is 9.81. The topological polar surface area (TPSA) is 49.3 Å². The molecule has 4 rings (SSSR count). The highest BCUT2D eigenvalue weighted by molar-refractivity contribution is 5.99. The molecule has 0 radical (unpaired) electrons. The van der Waals surface area contributed by atoms with E-state index >= 15 is 0 Å². The number of rotatable bonds is 2. The van der Waals surface area contributed by atoms with Crippen molar-refractivity contribution in [2.45, 2.75) is 25.7 Å². The van der Waals surface area contributed by atoms with E-state index in [9.17, 15) is 9.18 Å². The lowest BCUT2D eigenvalue weighted by Gasteiger charge is -2.33. The van der Waals surface area contributed by atoms with Gasteiger partial charge in [0.1, 0.15) is 5.82 Å². The van der Waals surface area contributed by atoms with E-state index in [1.807, 2.05) is 13.0 Å². The number of aromatic nitrogens is 2. The molecular weight excluding hydrogens is 331 g/mol. The molecule has 1 aliphatic carbocycles. The molecule has 136 valence electrons. The number of carbonyl (C=O) groups excluding carboxylic acids is 1. The van der Waals surface area contributed by atoms with E-state index in [1.165, 1.54) is 6.07 Å². The van der Waals surface area contributed by atoms with Crippen LogP contribution in [-0.2, 0) is 6.42 Å². The molecular formula is C20H23FN4O. The lowest BCUT2D eigenvalue weighted by Crippen LogP contribution is -2.45. The van der Waals surface area contributed by atoms with Crippen LogP contribution < -0.4 is 4.90 Å². The van der Waals surface area contributed by atoms with Gasteiger partial charge in [-0.05, 0) is 37.9 Å². The van der Waals surface area contributed by atoms with Gasteiger partial charge >= 0.3 is 0 Å². The van der Waals surface area contributed by atoms with Gasteiger partial charge in [-0.1, -0.05) is 18.2 Å². The molecule has 1 atom stereocenters. The Bertz CT molecular complexity index is 846. The highest BCUT2D eigenvalue weighted by Crippen LogP contribution is 2.34. The van der Waals surface area contributed by atoms with Crippen LogP contribution >= 0.6 is 0 Å². The fourth-order valence-corrected chi connectivity index (χ4v) is 3.93. The smallest absolute Gasteiger partial charge is 0.225 e. The van der Waals surface area contributed by atoms with Crippen molar-refractivity contribution in [2.24, 2.45) is 0 Å². The van der Waals surface area contributed by atoms with Crippen LogP contribution in [-0.4, -0.2) is 53.9 Å². The maximum Gasteiger partial charge on any atom is 0.225 e. The van der Waals surface area contributed by atoms with Gasteiger partial charge < -0.3 is 9.80 Å². The number of likely N-dealkylation sites (N-methyl/N-ethyl adjacent to an activating group) is 1. The van der Waals surface area contributed by atoms with Gasteiger partial charge in [0.25, 0.3) is 0 Å². The zero-order chi connectivity index (χ0) is 18.3. The second-order valence-corrected chi connectivity index (χ2v) is 7.27. The Labute approximate surface area is 152 Å². The monoisotopic (exact) mass is 354 g/mol. The van der Waals surface area contributed by atoms with E-state index in [0.29, 0.717) is 29.9 Å². The first-order chi connectivity index (χ1) is 12.5. The summed E-state index contributed by atoms with van der Waals surface area (Å²) in [6, 6.07) is 6.72. The van der Waals surface area contributed by atoms with E-state index in [0.717, 1.165) is 37.6 Å². The standard InChI is InChI=1S/C20H23FN4O/c1-13-19-17(23-20(22-13)25-9-7-24(2)8-10-25)11-14(12-18(19)26)15-5-3-4-6-16(15)21/h3-6,14H,7-12H2,1-2H3. The van der Waals surface area contributed by atoms with Crippen LogP contribution in [0.2, 0.25) is 0 Å². The molecule has 1 unspecified atom stereocenters. The number of piperazine rings is 1. The van der Waals surface area contributed by atoms with Crippen molar-refractivity contribution >= 4 is 11.7 Å². The molecule has 1 aromatic heterocycles. The Morgan fingerprint density at radius 3 is 2.54 bits per heavy atom. The third-order valence-electron chi connectivity index (χ3n) is 5.43. The second-order valence-electron chi connectivity index (χ2n) is 7.27. The molecule has 0 saturated carbocycles. The average molecular weight is 354 g/mol. The Morgan fingerprint density at radius 2 is 1.81 bits per heavy atom. The number of aryl methyl sites for hydroxylation is 1. The average Bonchev–Trinajstić information content (AvgIpc) is 2.62. The summed E-state index contributed by atoms with van der Waals surface area (Å²) in [6.45, 7) is 5.56. The molecule has 26 heavy (non-hydrogen) atoms. The van der Waals surface area contributed by atoms with Crippen LogP contribution in [0.4, 0.5) is 10.3 Å². The van der Waals surface area contributed by atoms with Gasteiger partial charge in [-0.3, -0.25) is 4.79 Å². The van der Waals surface area contributed by atoms with E-state index in [-0.39, 0.29) is 17.5 Å². The Hall–Kier alpha value is -2.34. The molecule has 2 heterocycles. The largest absolute Gasteiger partial charge is 0.338 e. The van der Waals surface area contributed by atoms with Crippen molar-refractivity contribution in [3.05, 3.63) is 52.6 Å². The van der Waals surface area contributed by atoms with Crippen molar-refractivity contribution in [1.82, 2.24) is 14.9 Å². The summed E-state index contributed by atoms with van der Waals surface area (Å²) in [6.07, 6.45) is 0.887. The van der Waals surface area contributed by atoms with Gasteiger partial charge in [0.2, 0.25) is 5.95 Å². The Morgan fingerprint density at radius 1 is 1.08 bits per heavy atom. The molecule has 0 amide bonds. The summed E-state index contributed by atoms with van der Waals surface area (Å²) in [5, 5.41) is 0. The number of Topliss-reactive ketones (excluding diaryl/α,β-unsaturated/α-hetero) is 1. The van der Waals surface area contributed by atoms with Crippen molar-refractivity contribution in [3.8, 4) is 0 Å². The van der Waals surface area contributed by atoms with Gasteiger partial charge in [0.05, 0.1) is 17.0 Å². The SMILES string of the molecule is Cc1nc(N2CCN(C)CC2)nc2c1C(=O)CC(c1ccccc1F)C2. The number of fused-ring (bicyclic) bond motifs is 1. The Kier molecular flexibility index (Phi) is 4.44. The number of hydrogen-bond donors (Lipinski definition) is 0. The third kappa shape index (κ3) is 3.09. The number of benzene rings is 1. The van der Waals surface area contributed by atoms with Crippen LogP contribution in [0.1, 0.15) is 39.6 Å². The Balaban J connectivity index is 1.67. The highest BCUT2D eigenvalue weighted by Gasteiger charge is 2.32. The summed E-state index contributed by atoms with van der Waals surface area (Å²) in [5.74, 6) is 0.294. The molecule has 0 bridgehead atoms. The molecule has 1 aromatic carbocycles. The van der Waals surface area contributed by atoms with Gasteiger partial charge in [-0.15, -0.1) is 0 Å². The van der Waals surface area contributed by atoms with E-state index in [4.69, 9.17) is 4.98 Å². The lowest BCUT2D eigenvalue weighted by molar-refractivity contribution is 0.0961. The second kappa shape index (κ2) is 6.76. The summed E-state index contributed by atoms with van der Waals surface area (Å²) in [7, 11) is 2.11. The van der Waals surface area contributed by atoms with E-state index in [2.05, 4.69) is 21.8 Å². The minimum atomic E-state index is -0.251. The molecule has 0 spiro atoms. The number of carbonyl (C=O) groups is 1. The van der Waals surface area contributed by atoms with Gasteiger partial charge in [-0.2, -0.15) is 0 Å². The summed E-state index contributed by atoms with van der Waals surface area (Å²) in [4.78, 5) is 26.5. The first kappa shape index (κ1) is 17.1. The fraction of sp³-hybridized carbons (Fsp3) is 0.450. The molecule has 0 N–H and O–H groups in total. The predicted octanol–water partition coefficient (Wildman–Crippen LogP) is 2.59. The van der Waals surface area contributed by atoms with Gasteiger partial charge in [0.15, 0.2) is 5.78 Å². The highest BCUT2D eigenvalue weighted by atomic mass is 19.1. The van der Waals surface area contributed by atoms with Crippen molar-refractivity contribution in [1.29, 1.82) is 0 Å². The minimum absolute atomic E-state index is 0.0157. The van der Waals surface area contributed by atoms with Gasteiger partial charge in [-0.25, -0.2) is 14.4 Å². The minimum Gasteiger partial charge on any atom is -0.338 e. The molecule has 1 aliphatic heterocycles. The number of anilines is 1. The molecule has 5 nitrogen and oxygen atoms in total. The number of ketones is 1. The van der Waals surface area contributed by atoms with E-state index in [1.54, 1.807) is 12.1 Å². The molecule has 2 aliphatic rings. The zero-order valence-electron chi connectivity index (χ0n) is 15.2. The molecule has 2 aromatic rings. The molecule has 1 fully saturated rings. The maximum atomic E-state index is 14.2. The quantitative estimate of drug-likeness (QED) is 0.830. The maximum absolute atomic E-state index is 14.2. The first-order valence-electron chi connectivity index (χ1n) is 9.11. The third-order valence-corrected chi connectivity index (χ3v) is 5.43. The predicted molar refractivity (Wildman–Crippen MR) is 98.3 cm³/mol. The van der Waals surface area contributed by atoms with Crippen molar-refractivity contribution in [3.63, 3.8) is 0 Å². The van der Waals surface area contributed by atoms with Crippen LogP contribution in [0.3, 0.4) is 0 Å². The van der Waals surface area contributed by atoms with Crippen LogP contribution in [0, 0.1) is 12.7 Å². The van der Waals surface area contributed by atoms with Crippen molar-refractivity contribution < 1.29 is 9.18 Å². The summed E-state index contributed by atoms with van der Waals surface area (Å²) in [5.41, 5.74) is 2.73. The van der Waals surface area contributed by atoms with Gasteiger partial charge in [0, 0.05) is 32.6 Å². The van der Waals surface area contributed by atoms with Crippen LogP contribution in [0.15, 0.2) is 24.3 Å². The van der Waals surface area contributed by atoms with E-state index < -0.39 is 0 Å². The summed E-state index contributed by atoms with van der Waals surface area (Å²) < 4.78 is 14.2. The normalized spacial score (nSPS) is 21.0. The first-order valence-corrected chi connectivity index (χ1v) is 9.11. The number of halogens is 1. The number of hydrogen-bond acceptors (Lipinski definition) is 5. The number of nitrogens with zero attached hydrogens (tertiary/aromatic N) is 4. The van der Waals surface area contributed by atoms with Crippen LogP contribution in [0.5, 0.6) is 0 Å². The molecule has 1 saturated heterocycles. The van der Waals surface area contributed by atoms with Crippen molar-refractivity contribution in [2.75, 3.05) is 38.1 Å². The fourth-order valence-electron chi connectivity index (χ4n) is 3.93. The molecule has 6 heteroatoms. The summed E-state index contributed by atoms with van der Waals surface area (Å²) >= 11 is 0. The van der Waals surface area contributed by atoms with Crippen LogP contribution in [0.25, 0.3) is 0 Å².